The predicted octanol–water partition coefficient (Wildman–Crippen LogP) is 0.769. The standard InChI is InChI=1S/C8H12FNO3/c9-7(8(12)13)10-5-3-1-2-4-6(10)11/h7H,1-5H2,(H,12,13). The van der Waals surface area contributed by atoms with E-state index in [9.17, 15) is 14.0 Å². The first-order valence-electron chi connectivity index (χ1n) is 4.29. The lowest BCUT2D eigenvalue weighted by Gasteiger charge is -2.21. The van der Waals surface area contributed by atoms with Crippen LogP contribution in [-0.2, 0) is 9.59 Å². The third-order valence-electron chi connectivity index (χ3n) is 2.09. The van der Waals surface area contributed by atoms with Crippen molar-refractivity contribution in [1.29, 1.82) is 0 Å². The van der Waals surface area contributed by atoms with Gasteiger partial charge in [0.25, 0.3) is 6.30 Å². The minimum atomic E-state index is -2.18. The van der Waals surface area contributed by atoms with E-state index in [1.165, 1.54) is 0 Å². The van der Waals surface area contributed by atoms with Gasteiger partial charge in [-0.25, -0.2) is 9.18 Å². The van der Waals surface area contributed by atoms with Crippen molar-refractivity contribution >= 4 is 11.9 Å². The minimum Gasteiger partial charge on any atom is -0.478 e. The highest BCUT2D eigenvalue weighted by atomic mass is 19.1. The van der Waals surface area contributed by atoms with Gasteiger partial charge in [-0.15, -0.1) is 0 Å². The number of alkyl halides is 1. The monoisotopic (exact) mass is 189 g/mol. The van der Waals surface area contributed by atoms with Crippen molar-refractivity contribution in [3.63, 3.8) is 0 Å². The Kier molecular flexibility index (Phi) is 3.22. The lowest BCUT2D eigenvalue weighted by atomic mass is 10.2. The first-order chi connectivity index (χ1) is 6.13. The van der Waals surface area contributed by atoms with E-state index in [-0.39, 0.29) is 13.0 Å². The number of likely N-dealkylation sites (tertiary alicyclic amines) is 1. The van der Waals surface area contributed by atoms with Crippen LogP contribution in [0.25, 0.3) is 0 Å². The van der Waals surface area contributed by atoms with Gasteiger partial charge in [0.15, 0.2) is 0 Å². The Morgan fingerprint density at radius 3 is 2.77 bits per heavy atom. The van der Waals surface area contributed by atoms with Crippen LogP contribution in [0.2, 0.25) is 0 Å². The number of hydrogen-bond donors (Lipinski definition) is 1. The van der Waals surface area contributed by atoms with Crippen LogP contribution < -0.4 is 0 Å². The molecule has 1 atom stereocenters. The Morgan fingerprint density at radius 1 is 1.46 bits per heavy atom. The van der Waals surface area contributed by atoms with Crippen molar-refractivity contribution in [3.05, 3.63) is 0 Å². The summed E-state index contributed by atoms with van der Waals surface area (Å²) in [6.07, 6.45) is 0.342. The van der Waals surface area contributed by atoms with Crippen LogP contribution in [0.15, 0.2) is 0 Å². The SMILES string of the molecule is O=C(O)C(F)N1CCCCCC1=O. The maximum atomic E-state index is 12.9. The van der Waals surface area contributed by atoms with Gasteiger partial charge in [0.1, 0.15) is 0 Å². The number of nitrogens with zero attached hydrogens (tertiary/aromatic N) is 1. The molecule has 0 bridgehead atoms. The van der Waals surface area contributed by atoms with Crippen molar-refractivity contribution in [2.75, 3.05) is 6.54 Å². The minimum absolute atomic E-state index is 0.215. The summed E-state index contributed by atoms with van der Waals surface area (Å²) < 4.78 is 12.9. The molecule has 1 fully saturated rings. The molecule has 1 heterocycles. The summed E-state index contributed by atoms with van der Waals surface area (Å²) in [5.74, 6) is -1.98. The average molecular weight is 189 g/mol. The second-order valence-corrected chi connectivity index (χ2v) is 3.07. The van der Waals surface area contributed by atoms with E-state index in [1.54, 1.807) is 0 Å². The van der Waals surface area contributed by atoms with Crippen molar-refractivity contribution in [1.82, 2.24) is 4.90 Å². The van der Waals surface area contributed by atoms with Crippen LogP contribution in [0.4, 0.5) is 4.39 Å². The number of carboxylic acid groups (broad SMARTS) is 1. The predicted molar refractivity (Wildman–Crippen MR) is 42.7 cm³/mol. The molecule has 0 saturated carbocycles. The number of carbonyl (C=O) groups excluding carboxylic acids is 1. The van der Waals surface area contributed by atoms with Crippen LogP contribution in [-0.4, -0.2) is 34.7 Å². The molecule has 4 nitrogen and oxygen atoms in total. The van der Waals surface area contributed by atoms with Crippen LogP contribution in [0.3, 0.4) is 0 Å². The van der Waals surface area contributed by atoms with Crippen LogP contribution in [0.1, 0.15) is 25.7 Å². The Hall–Kier alpha value is -1.13. The Morgan fingerprint density at radius 2 is 2.15 bits per heavy atom. The van der Waals surface area contributed by atoms with E-state index in [0.29, 0.717) is 6.42 Å². The number of carbonyl (C=O) groups is 2. The van der Waals surface area contributed by atoms with Crippen LogP contribution in [0.5, 0.6) is 0 Å². The molecular weight excluding hydrogens is 177 g/mol. The first kappa shape index (κ1) is 9.95. The first-order valence-corrected chi connectivity index (χ1v) is 4.29. The normalized spacial score (nSPS) is 21.0. The van der Waals surface area contributed by atoms with Gasteiger partial charge in [0.05, 0.1) is 0 Å². The Bertz CT molecular complexity index is 219. The second-order valence-electron chi connectivity index (χ2n) is 3.07. The summed E-state index contributed by atoms with van der Waals surface area (Å²) in [6.45, 7) is 0.215. The van der Waals surface area contributed by atoms with Gasteiger partial charge in [-0.1, -0.05) is 6.42 Å². The molecule has 1 saturated heterocycles. The van der Waals surface area contributed by atoms with Crippen molar-refractivity contribution in [3.8, 4) is 0 Å². The van der Waals surface area contributed by atoms with Gasteiger partial charge in [-0.2, -0.15) is 0 Å². The quantitative estimate of drug-likeness (QED) is 0.653. The van der Waals surface area contributed by atoms with Gasteiger partial charge >= 0.3 is 5.97 Å². The highest BCUT2D eigenvalue weighted by Gasteiger charge is 2.29. The molecule has 1 aliphatic rings. The number of rotatable bonds is 2. The second kappa shape index (κ2) is 4.20. The molecule has 1 unspecified atom stereocenters. The zero-order valence-electron chi connectivity index (χ0n) is 7.20. The lowest BCUT2D eigenvalue weighted by Crippen LogP contribution is -2.41. The molecule has 13 heavy (non-hydrogen) atoms. The van der Waals surface area contributed by atoms with E-state index in [0.717, 1.165) is 17.7 Å². The topological polar surface area (TPSA) is 57.6 Å². The molecule has 0 spiro atoms. The van der Waals surface area contributed by atoms with Crippen molar-refractivity contribution < 1.29 is 19.1 Å². The van der Waals surface area contributed by atoms with E-state index in [4.69, 9.17) is 5.11 Å². The van der Waals surface area contributed by atoms with Gasteiger partial charge in [-0.05, 0) is 12.8 Å². The molecule has 1 aliphatic heterocycles. The van der Waals surface area contributed by atoms with E-state index < -0.39 is 18.2 Å². The molecular formula is C8H12FNO3. The number of carboxylic acids is 1. The highest BCUT2D eigenvalue weighted by molar-refractivity contribution is 5.82. The molecule has 0 aliphatic carbocycles. The third-order valence-corrected chi connectivity index (χ3v) is 2.09. The van der Waals surface area contributed by atoms with Gasteiger partial charge < -0.3 is 10.0 Å². The molecule has 5 heteroatoms. The van der Waals surface area contributed by atoms with Crippen LogP contribution >= 0.6 is 0 Å². The molecule has 0 aromatic carbocycles. The van der Waals surface area contributed by atoms with Crippen molar-refractivity contribution in [2.24, 2.45) is 0 Å². The summed E-state index contributed by atoms with van der Waals surface area (Å²) in [7, 11) is 0. The van der Waals surface area contributed by atoms with E-state index >= 15 is 0 Å². The van der Waals surface area contributed by atoms with Gasteiger partial charge in [0, 0.05) is 13.0 Å². The van der Waals surface area contributed by atoms with E-state index in [1.807, 2.05) is 0 Å². The summed E-state index contributed by atoms with van der Waals surface area (Å²) in [6, 6.07) is 0. The third kappa shape index (κ3) is 2.40. The maximum absolute atomic E-state index is 12.9. The number of amides is 1. The summed E-state index contributed by atoms with van der Waals surface area (Å²) >= 11 is 0. The number of aliphatic carboxylic acids is 1. The Labute approximate surface area is 75.3 Å². The zero-order valence-corrected chi connectivity index (χ0v) is 7.20. The smallest absolute Gasteiger partial charge is 0.359 e. The van der Waals surface area contributed by atoms with Crippen LogP contribution in [0, 0.1) is 0 Å². The van der Waals surface area contributed by atoms with Gasteiger partial charge in [0.2, 0.25) is 5.91 Å². The number of halogens is 1. The fourth-order valence-electron chi connectivity index (χ4n) is 1.38. The highest BCUT2D eigenvalue weighted by Crippen LogP contribution is 2.14. The fourth-order valence-corrected chi connectivity index (χ4v) is 1.38. The average Bonchev–Trinajstić information content (AvgIpc) is 2.28. The molecule has 0 aromatic heterocycles. The van der Waals surface area contributed by atoms with Crippen molar-refractivity contribution in [2.45, 2.75) is 32.0 Å². The number of hydrogen-bond acceptors (Lipinski definition) is 2. The summed E-state index contributed by atoms with van der Waals surface area (Å²) in [5, 5.41) is 8.37. The maximum Gasteiger partial charge on any atom is 0.359 e. The molecule has 0 radical (unpaired) electrons. The largest absolute Gasteiger partial charge is 0.478 e. The molecule has 0 aromatic rings. The van der Waals surface area contributed by atoms with E-state index in [2.05, 4.69) is 0 Å². The van der Waals surface area contributed by atoms with Gasteiger partial charge in [-0.3, -0.25) is 4.79 Å². The molecule has 1 amide bonds. The Balaban J connectivity index is 2.64. The molecule has 1 rings (SSSR count). The zero-order chi connectivity index (χ0) is 9.84. The molecule has 1 N–H and O–H groups in total. The summed E-state index contributed by atoms with van der Waals surface area (Å²) in [5.41, 5.74) is 0. The lowest BCUT2D eigenvalue weighted by molar-refractivity contribution is -0.157. The summed E-state index contributed by atoms with van der Waals surface area (Å²) in [4.78, 5) is 22.3. The molecule has 74 valence electrons. The fraction of sp³-hybridized carbons (Fsp3) is 0.750.